The molecule has 0 radical (unpaired) electrons. The van der Waals surface area contributed by atoms with Crippen molar-refractivity contribution in [3.05, 3.63) is 48.0 Å². The summed E-state index contributed by atoms with van der Waals surface area (Å²) in [6.45, 7) is 6.27. The SMILES string of the molecule is CC1CN(Cc2cnn(-c3ccc(F)cc3)c2)CCN1. The van der Waals surface area contributed by atoms with Crippen LogP contribution in [-0.4, -0.2) is 40.4 Å². The minimum absolute atomic E-state index is 0.226. The first-order valence-corrected chi connectivity index (χ1v) is 6.96. The zero-order valence-electron chi connectivity index (χ0n) is 11.6. The Morgan fingerprint density at radius 2 is 2.15 bits per heavy atom. The molecular formula is C15H19FN4. The van der Waals surface area contributed by atoms with Crippen molar-refractivity contribution in [2.75, 3.05) is 19.6 Å². The lowest BCUT2D eigenvalue weighted by atomic mass is 10.2. The molecule has 1 saturated heterocycles. The molecule has 0 saturated carbocycles. The van der Waals surface area contributed by atoms with Gasteiger partial charge in [-0.1, -0.05) is 0 Å². The van der Waals surface area contributed by atoms with E-state index in [0.717, 1.165) is 31.9 Å². The Kier molecular flexibility index (Phi) is 3.80. The molecule has 1 aromatic carbocycles. The zero-order chi connectivity index (χ0) is 13.9. The summed E-state index contributed by atoms with van der Waals surface area (Å²) in [7, 11) is 0. The molecule has 1 atom stereocenters. The monoisotopic (exact) mass is 274 g/mol. The van der Waals surface area contributed by atoms with E-state index >= 15 is 0 Å². The Morgan fingerprint density at radius 3 is 2.90 bits per heavy atom. The van der Waals surface area contributed by atoms with Gasteiger partial charge in [-0.3, -0.25) is 4.90 Å². The average molecular weight is 274 g/mol. The molecular weight excluding hydrogens is 255 g/mol. The Labute approximate surface area is 118 Å². The molecule has 2 aromatic rings. The molecule has 1 aliphatic rings. The number of hydrogen-bond acceptors (Lipinski definition) is 3. The molecule has 0 bridgehead atoms. The van der Waals surface area contributed by atoms with Crippen LogP contribution in [0.3, 0.4) is 0 Å². The van der Waals surface area contributed by atoms with E-state index in [4.69, 9.17) is 0 Å². The summed E-state index contributed by atoms with van der Waals surface area (Å²) in [5, 5.41) is 7.79. The van der Waals surface area contributed by atoms with Crippen molar-refractivity contribution in [3.8, 4) is 5.69 Å². The number of nitrogens with zero attached hydrogens (tertiary/aromatic N) is 3. The van der Waals surface area contributed by atoms with Gasteiger partial charge in [-0.25, -0.2) is 9.07 Å². The smallest absolute Gasteiger partial charge is 0.123 e. The summed E-state index contributed by atoms with van der Waals surface area (Å²) in [4.78, 5) is 2.42. The van der Waals surface area contributed by atoms with Gasteiger partial charge in [0.25, 0.3) is 0 Å². The van der Waals surface area contributed by atoms with Crippen molar-refractivity contribution >= 4 is 0 Å². The second kappa shape index (κ2) is 5.73. The number of nitrogens with one attached hydrogen (secondary N) is 1. The molecule has 5 heteroatoms. The van der Waals surface area contributed by atoms with Crippen molar-refractivity contribution < 1.29 is 4.39 Å². The lowest BCUT2D eigenvalue weighted by Gasteiger charge is -2.31. The van der Waals surface area contributed by atoms with Crippen molar-refractivity contribution in [1.82, 2.24) is 20.0 Å². The minimum atomic E-state index is -0.226. The normalized spacial score (nSPS) is 20.2. The summed E-state index contributed by atoms with van der Waals surface area (Å²) >= 11 is 0. The lowest BCUT2D eigenvalue weighted by molar-refractivity contribution is 0.199. The maximum atomic E-state index is 12.9. The van der Waals surface area contributed by atoms with E-state index in [2.05, 4.69) is 22.2 Å². The largest absolute Gasteiger partial charge is 0.312 e. The first-order valence-electron chi connectivity index (χ1n) is 6.96. The van der Waals surface area contributed by atoms with Crippen LogP contribution in [0.2, 0.25) is 0 Å². The van der Waals surface area contributed by atoms with Crippen LogP contribution in [0, 0.1) is 5.82 Å². The van der Waals surface area contributed by atoms with Crippen molar-refractivity contribution in [1.29, 1.82) is 0 Å². The first-order chi connectivity index (χ1) is 9.70. The number of hydrogen-bond donors (Lipinski definition) is 1. The van der Waals surface area contributed by atoms with Crippen LogP contribution >= 0.6 is 0 Å². The Balaban J connectivity index is 1.69. The van der Waals surface area contributed by atoms with Crippen LogP contribution in [0.15, 0.2) is 36.7 Å². The Hall–Kier alpha value is -1.72. The van der Waals surface area contributed by atoms with Gasteiger partial charge in [-0.05, 0) is 31.2 Å². The minimum Gasteiger partial charge on any atom is -0.312 e. The number of piperazine rings is 1. The van der Waals surface area contributed by atoms with Gasteiger partial charge < -0.3 is 5.32 Å². The van der Waals surface area contributed by atoms with E-state index in [-0.39, 0.29) is 5.82 Å². The molecule has 20 heavy (non-hydrogen) atoms. The topological polar surface area (TPSA) is 33.1 Å². The highest BCUT2D eigenvalue weighted by Gasteiger charge is 2.16. The molecule has 1 N–H and O–H groups in total. The van der Waals surface area contributed by atoms with Crippen molar-refractivity contribution in [2.24, 2.45) is 0 Å². The first kappa shape index (κ1) is 13.3. The Bertz CT molecular complexity index is 564. The molecule has 0 spiro atoms. The maximum Gasteiger partial charge on any atom is 0.123 e. The third-order valence-corrected chi connectivity index (χ3v) is 3.59. The van der Waals surface area contributed by atoms with Crippen LogP contribution < -0.4 is 5.32 Å². The average Bonchev–Trinajstić information content (AvgIpc) is 2.88. The fraction of sp³-hybridized carbons (Fsp3) is 0.400. The van der Waals surface area contributed by atoms with Gasteiger partial charge in [0.15, 0.2) is 0 Å². The number of benzene rings is 1. The third kappa shape index (κ3) is 3.05. The molecule has 0 amide bonds. The van der Waals surface area contributed by atoms with Crippen LogP contribution in [0.25, 0.3) is 5.69 Å². The molecule has 4 nitrogen and oxygen atoms in total. The Morgan fingerprint density at radius 1 is 1.35 bits per heavy atom. The van der Waals surface area contributed by atoms with Gasteiger partial charge in [-0.2, -0.15) is 5.10 Å². The number of rotatable bonds is 3. The van der Waals surface area contributed by atoms with Crippen LogP contribution in [0.5, 0.6) is 0 Å². The van der Waals surface area contributed by atoms with Gasteiger partial charge in [0.05, 0.1) is 11.9 Å². The highest BCUT2D eigenvalue weighted by molar-refractivity contribution is 5.31. The molecule has 0 aliphatic carbocycles. The lowest BCUT2D eigenvalue weighted by Crippen LogP contribution is -2.48. The van der Waals surface area contributed by atoms with Gasteiger partial charge in [0, 0.05) is 44.0 Å². The fourth-order valence-corrected chi connectivity index (χ4v) is 2.59. The predicted octanol–water partition coefficient (Wildman–Crippen LogP) is 1.81. The maximum absolute atomic E-state index is 12.9. The number of halogens is 1. The molecule has 1 aromatic heterocycles. The quantitative estimate of drug-likeness (QED) is 0.926. The molecule has 1 unspecified atom stereocenters. The second-order valence-electron chi connectivity index (χ2n) is 5.36. The standard InChI is InChI=1S/C15H19FN4/c1-12-9-19(7-6-17-12)10-13-8-18-20(11-13)15-4-2-14(16)3-5-15/h2-5,8,11-12,17H,6-7,9-10H2,1H3. The summed E-state index contributed by atoms with van der Waals surface area (Å²) in [5.74, 6) is -0.226. The summed E-state index contributed by atoms with van der Waals surface area (Å²) in [5.41, 5.74) is 2.06. The van der Waals surface area contributed by atoms with E-state index in [1.807, 2.05) is 12.4 Å². The van der Waals surface area contributed by atoms with Gasteiger partial charge >= 0.3 is 0 Å². The van der Waals surface area contributed by atoms with Crippen LogP contribution in [-0.2, 0) is 6.54 Å². The molecule has 1 aliphatic heterocycles. The van der Waals surface area contributed by atoms with E-state index < -0.39 is 0 Å². The molecule has 2 heterocycles. The molecule has 1 fully saturated rings. The van der Waals surface area contributed by atoms with E-state index in [9.17, 15) is 4.39 Å². The fourth-order valence-electron chi connectivity index (χ4n) is 2.59. The zero-order valence-corrected chi connectivity index (χ0v) is 11.6. The van der Waals surface area contributed by atoms with Crippen molar-refractivity contribution in [3.63, 3.8) is 0 Å². The van der Waals surface area contributed by atoms with Gasteiger partial charge in [0.1, 0.15) is 5.82 Å². The van der Waals surface area contributed by atoms with E-state index in [1.165, 1.54) is 17.7 Å². The third-order valence-electron chi connectivity index (χ3n) is 3.59. The predicted molar refractivity (Wildman–Crippen MR) is 76.3 cm³/mol. The molecule has 106 valence electrons. The second-order valence-corrected chi connectivity index (χ2v) is 5.36. The van der Waals surface area contributed by atoms with Gasteiger partial charge in [0.2, 0.25) is 0 Å². The van der Waals surface area contributed by atoms with Crippen LogP contribution in [0.1, 0.15) is 12.5 Å². The highest BCUT2D eigenvalue weighted by atomic mass is 19.1. The summed E-state index contributed by atoms with van der Waals surface area (Å²) < 4.78 is 14.7. The molecule has 3 rings (SSSR count). The van der Waals surface area contributed by atoms with Gasteiger partial charge in [-0.15, -0.1) is 0 Å². The van der Waals surface area contributed by atoms with E-state index in [0.29, 0.717) is 6.04 Å². The van der Waals surface area contributed by atoms with Crippen LogP contribution in [0.4, 0.5) is 4.39 Å². The summed E-state index contributed by atoms with van der Waals surface area (Å²) in [6, 6.07) is 6.91. The summed E-state index contributed by atoms with van der Waals surface area (Å²) in [6.07, 6.45) is 3.90. The van der Waals surface area contributed by atoms with E-state index in [1.54, 1.807) is 16.8 Å². The van der Waals surface area contributed by atoms with Crippen molar-refractivity contribution in [2.45, 2.75) is 19.5 Å². The number of aromatic nitrogens is 2. The highest BCUT2D eigenvalue weighted by Crippen LogP contribution is 2.12.